The van der Waals surface area contributed by atoms with Gasteiger partial charge in [0.15, 0.2) is 0 Å². The third-order valence-corrected chi connectivity index (χ3v) is 4.85. The number of rotatable bonds is 4. The van der Waals surface area contributed by atoms with E-state index in [0.717, 1.165) is 41.0 Å². The van der Waals surface area contributed by atoms with E-state index in [2.05, 4.69) is 0 Å². The number of carbonyl (C=O) groups is 1. The van der Waals surface area contributed by atoms with Gasteiger partial charge in [-0.15, -0.1) is 0 Å². The summed E-state index contributed by atoms with van der Waals surface area (Å²) in [6, 6.07) is 7.97. The molecular formula is C17H16F2O4S. The van der Waals surface area contributed by atoms with Gasteiger partial charge in [0.2, 0.25) is 9.84 Å². The summed E-state index contributed by atoms with van der Waals surface area (Å²) in [6.45, 7) is 5.54. The summed E-state index contributed by atoms with van der Waals surface area (Å²) in [6.07, 6.45) is 0. The van der Waals surface area contributed by atoms with E-state index >= 15 is 0 Å². The highest BCUT2D eigenvalue weighted by Crippen LogP contribution is 2.26. The maximum Gasteiger partial charge on any atom is 0.343 e. The van der Waals surface area contributed by atoms with Crippen molar-refractivity contribution in [2.45, 2.75) is 31.4 Å². The highest BCUT2D eigenvalue weighted by molar-refractivity contribution is 7.91. The van der Waals surface area contributed by atoms with Crippen LogP contribution in [0.25, 0.3) is 0 Å². The van der Waals surface area contributed by atoms with E-state index in [1.165, 1.54) is 0 Å². The molecule has 0 saturated heterocycles. The molecule has 7 heteroatoms. The van der Waals surface area contributed by atoms with Crippen LogP contribution in [-0.2, 0) is 9.84 Å². The number of hydrogen-bond acceptors (Lipinski definition) is 4. The molecule has 0 aromatic heterocycles. The van der Waals surface area contributed by atoms with E-state index in [-0.39, 0.29) is 5.56 Å². The second kappa shape index (κ2) is 6.68. The molecule has 0 bridgehead atoms. The molecule has 2 aromatic rings. The minimum Gasteiger partial charge on any atom is -0.422 e. The average Bonchev–Trinajstić information content (AvgIpc) is 2.50. The molecule has 0 aliphatic rings. The van der Waals surface area contributed by atoms with E-state index in [1.54, 1.807) is 13.8 Å². The van der Waals surface area contributed by atoms with Crippen molar-refractivity contribution in [3.63, 3.8) is 0 Å². The first-order chi connectivity index (χ1) is 11.1. The highest BCUT2D eigenvalue weighted by Gasteiger charge is 2.26. The van der Waals surface area contributed by atoms with Crippen molar-refractivity contribution in [1.82, 2.24) is 0 Å². The predicted octanol–water partition coefficient (Wildman–Crippen LogP) is 3.83. The van der Waals surface area contributed by atoms with Crippen molar-refractivity contribution in [1.29, 1.82) is 0 Å². The first-order valence-electron chi connectivity index (χ1n) is 7.05. The van der Waals surface area contributed by atoms with Crippen LogP contribution in [-0.4, -0.2) is 20.1 Å². The van der Waals surface area contributed by atoms with Crippen LogP contribution in [0.5, 0.6) is 5.75 Å². The SMILES string of the molecule is Cc1cc(C)c(OC(=O)c2ccc(S(=O)(=O)C(F)F)cc2)c(C)c1. The molecule has 2 rings (SSSR count). The summed E-state index contributed by atoms with van der Waals surface area (Å²) < 4.78 is 53.0. The Morgan fingerprint density at radius 3 is 1.96 bits per heavy atom. The largest absolute Gasteiger partial charge is 0.422 e. The Morgan fingerprint density at radius 1 is 1.00 bits per heavy atom. The van der Waals surface area contributed by atoms with Crippen LogP contribution >= 0.6 is 0 Å². The number of benzene rings is 2. The summed E-state index contributed by atoms with van der Waals surface area (Å²) in [7, 11) is -4.68. The Morgan fingerprint density at radius 2 is 1.50 bits per heavy atom. The second-order valence-corrected chi connectivity index (χ2v) is 7.37. The molecule has 0 saturated carbocycles. The fraction of sp³-hybridized carbons (Fsp3) is 0.235. The molecule has 0 N–H and O–H groups in total. The molecule has 0 atom stereocenters. The van der Waals surface area contributed by atoms with Crippen molar-refractivity contribution in [2.24, 2.45) is 0 Å². The van der Waals surface area contributed by atoms with Gasteiger partial charge in [-0.25, -0.2) is 13.2 Å². The van der Waals surface area contributed by atoms with Crippen molar-refractivity contribution in [3.05, 3.63) is 58.7 Å². The Balaban J connectivity index is 2.26. The summed E-state index contributed by atoms with van der Waals surface area (Å²) in [5.74, 6) is -3.77. The lowest BCUT2D eigenvalue weighted by atomic mass is 10.1. The molecule has 0 fully saturated rings. The van der Waals surface area contributed by atoms with E-state index < -0.39 is 26.5 Å². The summed E-state index contributed by atoms with van der Waals surface area (Å²) in [4.78, 5) is 11.6. The van der Waals surface area contributed by atoms with Gasteiger partial charge >= 0.3 is 11.7 Å². The third-order valence-electron chi connectivity index (χ3n) is 3.45. The maximum absolute atomic E-state index is 12.5. The first-order valence-corrected chi connectivity index (χ1v) is 8.59. The van der Waals surface area contributed by atoms with Gasteiger partial charge in [0.05, 0.1) is 10.5 Å². The number of alkyl halides is 2. The Labute approximate surface area is 139 Å². The molecule has 2 aromatic carbocycles. The van der Waals surface area contributed by atoms with E-state index in [9.17, 15) is 22.0 Å². The number of esters is 1. The minimum absolute atomic E-state index is 0.0718. The predicted molar refractivity (Wildman–Crippen MR) is 85.2 cm³/mol. The van der Waals surface area contributed by atoms with Gasteiger partial charge < -0.3 is 4.74 Å². The molecule has 0 spiro atoms. The van der Waals surface area contributed by atoms with Crippen LogP contribution < -0.4 is 4.74 Å². The lowest BCUT2D eigenvalue weighted by Crippen LogP contribution is -2.13. The van der Waals surface area contributed by atoms with Gasteiger partial charge in [0.1, 0.15) is 5.75 Å². The summed E-state index contributed by atoms with van der Waals surface area (Å²) in [5.41, 5.74) is 2.68. The highest BCUT2D eigenvalue weighted by atomic mass is 32.2. The van der Waals surface area contributed by atoms with Crippen LogP contribution in [0.3, 0.4) is 0 Å². The molecular weight excluding hydrogens is 338 g/mol. The van der Waals surface area contributed by atoms with Crippen molar-refractivity contribution >= 4 is 15.8 Å². The van der Waals surface area contributed by atoms with Gasteiger partial charge in [0.25, 0.3) is 0 Å². The average molecular weight is 354 g/mol. The molecule has 128 valence electrons. The zero-order chi connectivity index (χ0) is 18.1. The van der Waals surface area contributed by atoms with Gasteiger partial charge in [-0.3, -0.25) is 0 Å². The number of halogens is 2. The normalized spacial score (nSPS) is 11.6. The lowest BCUT2D eigenvalue weighted by Gasteiger charge is -2.12. The summed E-state index contributed by atoms with van der Waals surface area (Å²) >= 11 is 0. The fourth-order valence-corrected chi connectivity index (χ4v) is 3.08. The zero-order valence-corrected chi connectivity index (χ0v) is 14.2. The first kappa shape index (κ1) is 18.1. The third kappa shape index (κ3) is 3.62. The van der Waals surface area contributed by atoms with Gasteiger partial charge in [0, 0.05) is 0 Å². The van der Waals surface area contributed by atoms with E-state index in [0.29, 0.717) is 5.75 Å². The minimum atomic E-state index is -4.68. The number of carbonyl (C=O) groups excluding carboxylic acids is 1. The maximum atomic E-state index is 12.5. The Bertz CT molecular complexity index is 849. The van der Waals surface area contributed by atoms with Crippen molar-refractivity contribution < 1.29 is 26.7 Å². The molecule has 24 heavy (non-hydrogen) atoms. The molecule has 0 aliphatic carbocycles. The Kier molecular flexibility index (Phi) is 5.03. The number of hydrogen-bond donors (Lipinski definition) is 0. The van der Waals surface area contributed by atoms with Crippen LogP contribution in [0.15, 0.2) is 41.3 Å². The van der Waals surface area contributed by atoms with Gasteiger partial charge in [-0.05, 0) is 56.2 Å². The number of sulfone groups is 1. The fourth-order valence-electron chi connectivity index (χ4n) is 2.36. The Hall–Kier alpha value is -2.28. The van der Waals surface area contributed by atoms with Crippen LogP contribution in [0, 0.1) is 20.8 Å². The topological polar surface area (TPSA) is 60.4 Å². The number of aryl methyl sites for hydroxylation is 3. The standard InChI is InChI=1S/C17H16F2O4S/c1-10-8-11(2)15(12(3)9-10)23-16(20)13-4-6-14(7-5-13)24(21,22)17(18)19/h4-9,17H,1-3H3. The van der Waals surface area contributed by atoms with E-state index in [1.807, 2.05) is 19.1 Å². The quantitative estimate of drug-likeness (QED) is 0.618. The number of ether oxygens (including phenoxy) is 1. The lowest BCUT2D eigenvalue weighted by molar-refractivity contribution is 0.0732. The van der Waals surface area contributed by atoms with Crippen LogP contribution in [0.2, 0.25) is 0 Å². The summed E-state index contributed by atoms with van der Waals surface area (Å²) in [5, 5.41) is 0. The molecule has 0 amide bonds. The van der Waals surface area contributed by atoms with Crippen LogP contribution in [0.1, 0.15) is 27.0 Å². The van der Waals surface area contributed by atoms with Crippen molar-refractivity contribution in [2.75, 3.05) is 0 Å². The van der Waals surface area contributed by atoms with Crippen LogP contribution in [0.4, 0.5) is 8.78 Å². The molecule has 0 heterocycles. The van der Waals surface area contributed by atoms with E-state index in [4.69, 9.17) is 4.74 Å². The van der Waals surface area contributed by atoms with Crippen molar-refractivity contribution in [3.8, 4) is 5.75 Å². The molecule has 0 unspecified atom stereocenters. The molecule has 0 radical (unpaired) electrons. The monoisotopic (exact) mass is 354 g/mol. The smallest absolute Gasteiger partial charge is 0.343 e. The zero-order valence-electron chi connectivity index (χ0n) is 13.3. The molecule has 4 nitrogen and oxygen atoms in total. The van der Waals surface area contributed by atoms with Gasteiger partial charge in [-0.2, -0.15) is 8.78 Å². The molecule has 0 aliphatic heterocycles. The van der Waals surface area contributed by atoms with Gasteiger partial charge in [-0.1, -0.05) is 17.7 Å². The second-order valence-electron chi connectivity index (χ2n) is 5.45.